The largest absolute Gasteiger partial charge is 0.422 e. The van der Waals surface area contributed by atoms with Crippen LogP contribution in [0.25, 0.3) is 21.7 Å². The van der Waals surface area contributed by atoms with Crippen molar-refractivity contribution in [3.63, 3.8) is 0 Å². The minimum Gasteiger partial charge on any atom is -0.422 e. The maximum atomic E-state index is 12.6. The summed E-state index contributed by atoms with van der Waals surface area (Å²) in [4.78, 5) is 12.6. The van der Waals surface area contributed by atoms with Gasteiger partial charge in [-0.25, -0.2) is 31.1 Å². The summed E-state index contributed by atoms with van der Waals surface area (Å²) in [5.41, 5.74) is -0.621. The van der Waals surface area contributed by atoms with Gasteiger partial charge in [0.05, 0.1) is 15.2 Å². The maximum Gasteiger partial charge on any atom is 0.344 e. The van der Waals surface area contributed by atoms with Crippen molar-refractivity contribution in [2.45, 2.75) is 50.3 Å². The Labute approximate surface area is 194 Å². The molecule has 180 valence electrons. The standard InChI is InChI=1S/C23H30N2O6S2/c1-15(2)9-11-24-32(27,28)17-5-7-19-20-8-6-18(33(29,30)25-12-10-16(3)4)14-22(20)31-23(26)21(19)13-17/h5-8,13-16,24-25H,9-12H2,1-4H3. The second kappa shape index (κ2) is 9.92. The molecule has 0 spiro atoms. The van der Waals surface area contributed by atoms with Crippen LogP contribution in [0.5, 0.6) is 0 Å². The highest BCUT2D eigenvalue weighted by Crippen LogP contribution is 2.27. The molecule has 8 nitrogen and oxygen atoms in total. The van der Waals surface area contributed by atoms with E-state index >= 15 is 0 Å². The first-order chi connectivity index (χ1) is 15.4. The summed E-state index contributed by atoms with van der Waals surface area (Å²) in [6, 6.07) is 8.57. The summed E-state index contributed by atoms with van der Waals surface area (Å²) >= 11 is 0. The van der Waals surface area contributed by atoms with Crippen molar-refractivity contribution in [2.75, 3.05) is 13.1 Å². The molecule has 33 heavy (non-hydrogen) atoms. The molecule has 0 saturated carbocycles. The van der Waals surface area contributed by atoms with Crippen molar-refractivity contribution >= 4 is 41.8 Å². The number of sulfonamides is 2. The molecule has 3 aromatic rings. The Morgan fingerprint density at radius 1 is 0.727 bits per heavy atom. The first-order valence-electron chi connectivity index (χ1n) is 10.9. The molecule has 0 saturated heterocycles. The van der Waals surface area contributed by atoms with Gasteiger partial charge in [-0.05, 0) is 48.9 Å². The summed E-state index contributed by atoms with van der Waals surface area (Å²) < 4.78 is 60.8. The van der Waals surface area contributed by atoms with Gasteiger partial charge in [-0.15, -0.1) is 0 Å². The molecule has 0 aliphatic carbocycles. The fourth-order valence-corrected chi connectivity index (χ4v) is 5.49. The number of nitrogens with one attached hydrogen (secondary N) is 2. The quantitative estimate of drug-likeness (QED) is 0.328. The molecule has 0 amide bonds. The zero-order valence-electron chi connectivity index (χ0n) is 19.2. The molecule has 10 heteroatoms. The summed E-state index contributed by atoms with van der Waals surface area (Å²) in [7, 11) is -7.53. The van der Waals surface area contributed by atoms with Crippen LogP contribution < -0.4 is 15.1 Å². The third-order valence-electron chi connectivity index (χ3n) is 5.30. The van der Waals surface area contributed by atoms with Gasteiger partial charge in [-0.2, -0.15) is 0 Å². The van der Waals surface area contributed by atoms with Crippen LogP contribution in [0.1, 0.15) is 40.5 Å². The average Bonchev–Trinajstić information content (AvgIpc) is 2.72. The first kappa shape index (κ1) is 25.4. The lowest BCUT2D eigenvalue weighted by molar-refractivity contribution is 0.549. The van der Waals surface area contributed by atoms with Crippen LogP contribution in [0.4, 0.5) is 0 Å². The van der Waals surface area contributed by atoms with E-state index in [1.54, 1.807) is 12.1 Å². The van der Waals surface area contributed by atoms with Crippen molar-refractivity contribution in [2.24, 2.45) is 11.8 Å². The Balaban J connectivity index is 1.98. The van der Waals surface area contributed by atoms with Gasteiger partial charge in [-0.1, -0.05) is 33.8 Å². The highest BCUT2D eigenvalue weighted by molar-refractivity contribution is 7.89. The highest BCUT2D eigenvalue weighted by Gasteiger charge is 2.19. The van der Waals surface area contributed by atoms with Crippen molar-refractivity contribution in [1.82, 2.24) is 9.44 Å². The fourth-order valence-electron chi connectivity index (χ4n) is 3.36. The summed E-state index contributed by atoms with van der Waals surface area (Å²) in [5.74, 6) is 0.703. The van der Waals surface area contributed by atoms with Crippen LogP contribution in [-0.4, -0.2) is 29.9 Å². The van der Waals surface area contributed by atoms with E-state index < -0.39 is 25.7 Å². The zero-order chi connectivity index (χ0) is 24.4. The van der Waals surface area contributed by atoms with Crippen LogP contribution in [0.3, 0.4) is 0 Å². The molecule has 3 rings (SSSR count). The topological polar surface area (TPSA) is 123 Å². The van der Waals surface area contributed by atoms with Crippen molar-refractivity contribution in [3.8, 4) is 0 Å². The van der Waals surface area contributed by atoms with Crippen molar-refractivity contribution in [3.05, 3.63) is 46.8 Å². The average molecular weight is 495 g/mol. The minimum absolute atomic E-state index is 0.00481. The molecule has 0 fully saturated rings. The van der Waals surface area contributed by atoms with Crippen LogP contribution >= 0.6 is 0 Å². The van der Waals surface area contributed by atoms with E-state index in [2.05, 4.69) is 9.44 Å². The minimum atomic E-state index is -3.78. The van der Waals surface area contributed by atoms with E-state index in [-0.39, 0.29) is 20.8 Å². The molecule has 0 unspecified atom stereocenters. The van der Waals surface area contributed by atoms with Gasteiger partial charge in [0.1, 0.15) is 5.58 Å². The third-order valence-corrected chi connectivity index (χ3v) is 8.22. The zero-order valence-corrected chi connectivity index (χ0v) is 20.8. The van der Waals surface area contributed by atoms with Crippen molar-refractivity contribution in [1.29, 1.82) is 0 Å². The van der Waals surface area contributed by atoms with E-state index in [1.807, 2.05) is 27.7 Å². The van der Waals surface area contributed by atoms with E-state index in [0.29, 0.717) is 48.5 Å². The molecule has 2 aromatic carbocycles. The van der Waals surface area contributed by atoms with E-state index in [4.69, 9.17) is 4.42 Å². The molecule has 0 bridgehead atoms. The van der Waals surface area contributed by atoms with Crippen LogP contribution in [0.15, 0.2) is 55.4 Å². The van der Waals surface area contributed by atoms with E-state index in [9.17, 15) is 21.6 Å². The lowest BCUT2D eigenvalue weighted by atomic mass is 10.1. The van der Waals surface area contributed by atoms with E-state index in [1.165, 1.54) is 24.3 Å². The Hall–Kier alpha value is -2.27. The number of rotatable bonds is 10. The Bertz CT molecular complexity index is 1420. The molecule has 2 N–H and O–H groups in total. The monoisotopic (exact) mass is 494 g/mol. The van der Waals surface area contributed by atoms with Gasteiger partial charge >= 0.3 is 5.63 Å². The molecular formula is C23H30N2O6S2. The lowest BCUT2D eigenvalue weighted by Crippen LogP contribution is -2.26. The molecule has 0 aliphatic rings. The van der Waals surface area contributed by atoms with Gasteiger partial charge in [-0.3, -0.25) is 0 Å². The predicted molar refractivity (Wildman–Crippen MR) is 129 cm³/mol. The van der Waals surface area contributed by atoms with Crippen LogP contribution in [0, 0.1) is 11.8 Å². The Morgan fingerprint density at radius 2 is 1.21 bits per heavy atom. The normalized spacial score (nSPS) is 12.9. The second-order valence-corrected chi connectivity index (χ2v) is 12.4. The molecule has 0 atom stereocenters. The number of hydrogen-bond donors (Lipinski definition) is 2. The number of hydrogen-bond acceptors (Lipinski definition) is 6. The van der Waals surface area contributed by atoms with E-state index in [0.717, 1.165) is 0 Å². The summed E-state index contributed by atoms with van der Waals surface area (Å²) in [5, 5.41) is 1.11. The summed E-state index contributed by atoms with van der Waals surface area (Å²) in [6.07, 6.45) is 1.39. The predicted octanol–water partition coefficient (Wildman–Crippen LogP) is 3.60. The maximum absolute atomic E-state index is 12.6. The second-order valence-electron chi connectivity index (χ2n) is 8.92. The SMILES string of the molecule is CC(C)CCNS(=O)(=O)c1ccc2c(c1)oc(=O)c1cc(S(=O)(=O)NCCC(C)C)ccc12. The van der Waals surface area contributed by atoms with Gasteiger partial charge < -0.3 is 4.42 Å². The van der Waals surface area contributed by atoms with Crippen LogP contribution in [0.2, 0.25) is 0 Å². The smallest absolute Gasteiger partial charge is 0.344 e. The van der Waals surface area contributed by atoms with Gasteiger partial charge in [0.2, 0.25) is 20.0 Å². The Morgan fingerprint density at radius 3 is 1.73 bits per heavy atom. The number of fused-ring (bicyclic) bond motifs is 3. The highest BCUT2D eigenvalue weighted by atomic mass is 32.2. The van der Waals surface area contributed by atoms with Gasteiger partial charge in [0.25, 0.3) is 0 Å². The van der Waals surface area contributed by atoms with Gasteiger partial charge in [0.15, 0.2) is 0 Å². The first-order valence-corrected chi connectivity index (χ1v) is 13.9. The van der Waals surface area contributed by atoms with Crippen molar-refractivity contribution < 1.29 is 21.3 Å². The lowest BCUT2D eigenvalue weighted by Gasteiger charge is -2.11. The summed E-state index contributed by atoms with van der Waals surface area (Å²) in [6.45, 7) is 8.61. The fraction of sp³-hybridized carbons (Fsp3) is 0.435. The molecule has 0 aliphatic heterocycles. The molecule has 1 aromatic heterocycles. The van der Waals surface area contributed by atoms with Crippen LogP contribution in [-0.2, 0) is 20.0 Å². The third kappa shape index (κ3) is 6.00. The number of benzene rings is 2. The Kier molecular flexibility index (Phi) is 7.62. The molecule has 1 heterocycles. The van der Waals surface area contributed by atoms with Gasteiger partial charge in [0, 0.05) is 29.9 Å². The molecular weight excluding hydrogens is 464 g/mol. The molecule has 0 radical (unpaired) electrons.